The maximum Gasteiger partial charge on any atom is 0.416 e. The molecule has 6 nitrogen and oxygen atoms in total. The van der Waals surface area contributed by atoms with E-state index in [4.69, 9.17) is 0 Å². The Labute approximate surface area is 149 Å². The quantitative estimate of drug-likeness (QED) is 0.608. The van der Waals surface area contributed by atoms with Gasteiger partial charge in [0.25, 0.3) is 5.91 Å². The zero-order valence-electron chi connectivity index (χ0n) is 13.5. The number of amides is 2. The van der Waals surface area contributed by atoms with E-state index in [1.165, 1.54) is 24.3 Å². The lowest BCUT2D eigenvalue weighted by Gasteiger charge is -2.07. The number of nitrogens with zero attached hydrogens (tertiary/aromatic N) is 1. The number of aromatic nitrogens is 2. The minimum absolute atomic E-state index is 0.0304. The van der Waals surface area contributed by atoms with E-state index >= 15 is 0 Å². The van der Waals surface area contributed by atoms with Crippen LogP contribution in [0.2, 0.25) is 0 Å². The molecule has 0 unspecified atom stereocenters. The van der Waals surface area contributed by atoms with Gasteiger partial charge in [-0.05, 0) is 36.4 Å². The molecule has 0 saturated heterocycles. The van der Waals surface area contributed by atoms with Gasteiger partial charge in [-0.25, -0.2) is 4.39 Å². The minimum Gasteiger partial charge on any atom is -0.343 e. The van der Waals surface area contributed by atoms with Crippen LogP contribution in [0.5, 0.6) is 0 Å². The van der Waals surface area contributed by atoms with Crippen LogP contribution in [0, 0.1) is 5.82 Å². The monoisotopic (exact) mass is 380 g/mol. The molecule has 27 heavy (non-hydrogen) atoms. The van der Waals surface area contributed by atoms with E-state index in [1.807, 2.05) is 0 Å². The predicted molar refractivity (Wildman–Crippen MR) is 88.5 cm³/mol. The number of hydrogen-bond acceptors (Lipinski definition) is 3. The Bertz CT molecular complexity index is 1010. The molecule has 0 atom stereocenters. The first-order chi connectivity index (χ1) is 12.7. The molecule has 0 radical (unpaired) electrons. The fourth-order valence-electron chi connectivity index (χ4n) is 2.35. The van der Waals surface area contributed by atoms with Gasteiger partial charge < -0.3 is 10.6 Å². The van der Waals surface area contributed by atoms with Crippen molar-refractivity contribution >= 4 is 28.5 Å². The Morgan fingerprint density at radius 2 is 1.89 bits per heavy atom. The van der Waals surface area contributed by atoms with Gasteiger partial charge in [-0.1, -0.05) is 6.07 Å². The molecular weight excluding hydrogens is 368 g/mol. The molecule has 2 aromatic carbocycles. The summed E-state index contributed by atoms with van der Waals surface area (Å²) in [7, 11) is 0. The number of hydrogen-bond donors (Lipinski definition) is 3. The summed E-state index contributed by atoms with van der Waals surface area (Å²) in [6.07, 6.45) is -4.54. The van der Waals surface area contributed by atoms with Crippen molar-refractivity contribution in [2.45, 2.75) is 6.18 Å². The third-order valence-corrected chi connectivity index (χ3v) is 3.64. The van der Waals surface area contributed by atoms with Crippen LogP contribution < -0.4 is 10.6 Å². The van der Waals surface area contributed by atoms with Crippen molar-refractivity contribution in [1.82, 2.24) is 15.5 Å². The highest BCUT2D eigenvalue weighted by Gasteiger charge is 2.31. The second-order valence-electron chi connectivity index (χ2n) is 5.57. The third kappa shape index (κ3) is 4.22. The number of fused-ring (bicyclic) bond motifs is 1. The smallest absolute Gasteiger partial charge is 0.343 e. The van der Waals surface area contributed by atoms with Crippen LogP contribution in [-0.2, 0) is 11.0 Å². The van der Waals surface area contributed by atoms with Crippen molar-refractivity contribution < 1.29 is 27.2 Å². The maximum absolute atomic E-state index is 13.1. The average molecular weight is 380 g/mol. The second-order valence-corrected chi connectivity index (χ2v) is 5.57. The van der Waals surface area contributed by atoms with Crippen LogP contribution in [-0.4, -0.2) is 28.6 Å². The number of H-pyrrole nitrogens is 1. The van der Waals surface area contributed by atoms with Crippen LogP contribution in [0.1, 0.15) is 15.9 Å². The summed E-state index contributed by atoms with van der Waals surface area (Å²) in [6, 6.07) is 7.85. The van der Waals surface area contributed by atoms with Crippen molar-refractivity contribution in [2.24, 2.45) is 0 Å². The molecule has 0 bridgehead atoms. The van der Waals surface area contributed by atoms with Crippen molar-refractivity contribution in [3.05, 3.63) is 59.4 Å². The number of carbonyl (C=O) groups is 2. The number of benzene rings is 2. The molecule has 0 spiro atoms. The summed E-state index contributed by atoms with van der Waals surface area (Å²) < 4.78 is 51.6. The van der Waals surface area contributed by atoms with Crippen LogP contribution in [0.25, 0.3) is 10.9 Å². The zero-order valence-corrected chi connectivity index (χ0v) is 13.5. The van der Waals surface area contributed by atoms with Gasteiger partial charge in [-0.3, -0.25) is 14.7 Å². The average Bonchev–Trinajstić information content (AvgIpc) is 3.01. The molecule has 0 aliphatic heterocycles. The van der Waals surface area contributed by atoms with E-state index in [-0.39, 0.29) is 16.8 Å². The third-order valence-electron chi connectivity index (χ3n) is 3.64. The predicted octanol–water partition coefficient (Wildman–Crippen LogP) is 3.09. The number of nitrogens with one attached hydrogen (secondary N) is 3. The molecule has 0 aliphatic rings. The fraction of sp³-hybridized carbons (Fsp3) is 0.118. The highest BCUT2D eigenvalue weighted by Crippen LogP contribution is 2.32. The van der Waals surface area contributed by atoms with Crippen molar-refractivity contribution in [3.63, 3.8) is 0 Å². The number of halogens is 4. The van der Waals surface area contributed by atoms with E-state index in [0.29, 0.717) is 5.52 Å². The molecule has 3 N–H and O–H groups in total. The molecular formula is C17H12F4N4O2. The van der Waals surface area contributed by atoms with Gasteiger partial charge in [0.2, 0.25) is 5.91 Å². The van der Waals surface area contributed by atoms with E-state index in [2.05, 4.69) is 20.8 Å². The van der Waals surface area contributed by atoms with Gasteiger partial charge in [0.05, 0.1) is 17.6 Å². The van der Waals surface area contributed by atoms with Gasteiger partial charge in [-0.2, -0.15) is 18.3 Å². The van der Waals surface area contributed by atoms with Crippen molar-refractivity contribution in [1.29, 1.82) is 0 Å². The highest BCUT2D eigenvalue weighted by molar-refractivity contribution is 6.03. The molecule has 0 saturated carbocycles. The van der Waals surface area contributed by atoms with E-state index < -0.39 is 35.9 Å². The normalized spacial score (nSPS) is 11.4. The Morgan fingerprint density at radius 3 is 2.59 bits per heavy atom. The van der Waals surface area contributed by atoms with Gasteiger partial charge in [0.15, 0.2) is 5.82 Å². The first-order valence-electron chi connectivity index (χ1n) is 7.63. The van der Waals surface area contributed by atoms with E-state index in [0.717, 1.165) is 18.2 Å². The molecule has 1 heterocycles. The number of anilines is 1. The molecule has 1 aromatic heterocycles. The van der Waals surface area contributed by atoms with Crippen LogP contribution in [0.15, 0.2) is 42.5 Å². The number of aromatic amines is 1. The van der Waals surface area contributed by atoms with E-state index in [9.17, 15) is 27.2 Å². The second kappa shape index (κ2) is 7.06. The van der Waals surface area contributed by atoms with Crippen LogP contribution in [0.4, 0.5) is 23.4 Å². The lowest BCUT2D eigenvalue weighted by atomic mass is 10.1. The number of alkyl halides is 3. The summed E-state index contributed by atoms with van der Waals surface area (Å²) in [5.41, 5.74) is -0.545. The highest BCUT2D eigenvalue weighted by atomic mass is 19.4. The zero-order chi connectivity index (χ0) is 19.6. The summed E-state index contributed by atoms with van der Waals surface area (Å²) in [5, 5.41) is 11.0. The first-order valence-corrected chi connectivity index (χ1v) is 7.63. The maximum atomic E-state index is 13.1. The van der Waals surface area contributed by atoms with Crippen LogP contribution >= 0.6 is 0 Å². The Kier molecular flexibility index (Phi) is 4.80. The molecule has 10 heteroatoms. The lowest BCUT2D eigenvalue weighted by Crippen LogP contribution is -2.33. The Balaban J connectivity index is 1.68. The molecule has 0 fully saturated rings. The Morgan fingerprint density at radius 1 is 1.11 bits per heavy atom. The van der Waals surface area contributed by atoms with Gasteiger partial charge in [0, 0.05) is 10.9 Å². The standard InChI is InChI=1S/C17H12F4N4O2/c18-11-3-1-2-9(6-11)16(27)22-8-14(26)23-15-12-7-10(17(19,20)21)4-5-13(12)24-25-15/h1-7H,8H2,(H,22,27)(H2,23,24,25,26). The first kappa shape index (κ1) is 18.4. The Hall–Kier alpha value is -3.43. The minimum atomic E-state index is -4.54. The molecule has 3 aromatic rings. The molecule has 3 rings (SSSR count). The van der Waals surface area contributed by atoms with Gasteiger partial charge in [0.1, 0.15) is 5.82 Å². The fourth-order valence-corrected chi connectivity index (χ4v) is 2.35. The largest absolute Gasteiger partial charge is 0.416 e. The summed E-state index contributed by atoms with van der Waals surface area (Å²) in [5.74, 6) is -2.07. The summed E-state index contributed by atoms with van der Waals surface area (Å²) in [4.78, 5) is 23.8. The van der Waals surface area contributed by atoms with E-state index in [1.54, 1.807) is 0 Å². The summed E-state index contributed by atoms with van der Waals surface area (Å²) >= 11 is 0. The molecule has 2 amide bonds. The molecule has 140 valence electrons. The number of carbonyl (C=O) groups excluding carboxylic acids is 2. The van der Waals surface area contributed by atoms with Crippen LogP contribution in [0.3, 0.4) is 0 Å². The van der Waals surface area contributed by atoms with Gasteiger partial charge in [-0.15, -0.1) is 0 Å². The summed E-state index contributed by atoms with van der Waals surface area (Å²) in [6.45, 7) is -0.470. The van der Waals surface area contributed by atoms with Gasteiger partial charge >= 0.3 is 6.18 Å². The van der Waals surface area contributed by atoms with Crippen molar-refractivity contribution in [2.75, 3.05) is 11.9 Å². The number of rotatable bonds is 4. The van der Waals surface area contributed by atoms with Crippen molar-refractivity contribution in [3.8, 4) is 0 Å². The topological polar surface area (TPSA) is 86.9 Å². The SMILES string of the molecule is O=C(CNC(=O)c1cccc(F)c1)Nc1n[nH]c2ccc(C(F)(F)F)cc12. The lowest BCUT2D eigenvalue weighted by molar-refractivity contribution is -0.137. The molecule has 0 aliphatic carbocycles.